The van der Waals surface area contributed by atoms with E-state index in [4.69, 9.17) is 0 Å². The van der Waals surface area contributed by atoms with Crippen molar-refractivity contribution in [2.24, 2.45) is 11.8 Å². The molecule has 0 spiro atoms. The summed E-state index contributed by atoms with van der Waals surface area (Å²) in [6.45, 7) is 3.21. The summed E-state index contributed by atoms with van der Waals surface area (Å²) in [4.78, 5) is 0. The summed E-state index contributed by atoms with van der Waals surface area (Å²) in [5.41, 5.74) is 0. The van der Waals surface area contributed by atoms with Crippen molar-refractivity contribution in [3.8, 4) is 0 Å². The summed E-state index contributed by atoms with van der Waals surface area (Å²) in [7, 11) is 0. The van der Waals surface area contributed by atoms with Gasteiger partial charge < -0.3 is 0 Å². The summed E-state index contributed by atoms with van der Waals surface area (Å²) >= 11 is 0. The Hall–Kier alpha value is -0.140. The van der Waals surface area contributed by atoms with Crippen molar-refractivity contribution in [1.82, 2.24) is 0 Å². The summed E-state index contributed by atoms with van der Waals surface area (Å²) in [5.74, 6) is -2.08. The molecule has 0 N–H and O–H groups in total. The van der Waals surface area contributed by atoms with Crippen molar-refractivity contribution in [3.63, 3.8) is 0 Å². The zero-order chi connectivity index (χ0) is 9.19. The third-order valence-electron chi connectivity index (χ3n) is 3.14. The molecule has 1 saturated carbocycles. The van der Waals surface area contributed by atoms with Gasteiger partial charge in [-0.3, -0.25) is 0 Å². The molecular weight excluding hydrogens is 158 g/mol. The lowest BCUT2D eigenvalue weighted by Gasteiger charge is -2.31. The SMILES string of the molecule is CCC1CCC(C(C)(F)F)CC1. The summed E-state index contributed by atoms with van der Waals surface area (Å²) in [5, 5.41) is 0. The van der Waals surface area contributed by atoms with Crippen molar-refractivity contribution in [2.45, 2.75) is 51.9 Å². The Balaban J connectivity index is 2.36. The largest absolute Gasteiger partial charge is 0.248 e. The third kappa shape index (κ3) is 2.43. The lowest BCUT2D eigenvalue weighted by atomic mass is 9.78. The van der Waals surface area contributed by atoms with Crippen LogP contribution in [0.1, 0.15) is 46.0 Å². The van der Waals surface area contributed by atoms with Crippen LogP contribution in [0.15, 0.2) is 0 Å². The van der Waals surface area contributed by atoms with Crippen LogP contribution in [0.2, 0.25) is 0 Å². The van der Waals surface area contributed by atoms with Gasteiger partial charge in [0.1, 0.15) is 0 Å². The molecule has 0 unspecified atom stereocenters. The minimum Gasteiger partial charge on any atom is -0.207 e. The first-order chi connectivity index (χ1) is 5.54. The van der Waals surface area contributed by atoms with Crippen LogP contribution in [-0.2, 0) is 0 Å². The average molecular weight is 176 g/mol. The molecule has 72 valence electrons. The fourth-order valence-electron chi connectivity index (χ4n) is 2.08. The molecule has 0 aromatic carbocycles. The predicted molar refractivity (Wildman–Crippen MR) is 46.4 cm³/mol. The lowest BCUT2D eigenvalue weighted by molar-refractivity contribution is -0.0579. The molecule has 0 bridgehead atoms. The predicted octanol–water partition coefficient (Wildman–Crippen LogP) is 3.86. The highest BCUT2D eigenvalue weighted by atomic mass is 19.3. The second kappa shape index (κ2) is 3.71. The number of halogens is 2. The molecular formula is C10H18F2. The molecule has 0 aromatic rings. The molecule has 1 fully saturated rings. The first-order valence-corrected chi connectivity index (χ1v) is 4.91. The van der Waals surface area contributed by atoms with E-state index in [1.54, 1.807) is 0 Å². The summed E-state index contributed by atoms with van der Waals surface area (Å²) in [6, 6.07) is 0. The Bertz CT molecular complexity index is 129. The van der Waals surface area contributed by atoms with Crippen molar-refractivity contribution in [3.05, 3.63) is 0 Å². The van der Waals surface area contributed by atoms with Gasteiger partial charge in [0.2, 0.25) is 5.92 Å². The van der Waals surface area contributed by atoms with Crippen molar-refractivity contribution in [2.75, 3.05) is 0 Å². The van der Waals surface area contributed by atoms with E-state index in [2.05, 4.69) is 6.92 Å². The van der Waals surface area contributed by atoms with E-state index in [-0.39, 0.29) is 5.92 Å². The molecule has 0 nitrogen and oxygen atoms in total. The van der Waals surface area contributed by atoms with E-state index in [0.29, 0.717) is 5.92 Å². The monoisotopic (exact) mass is 176 g/mol. The zero-order valence-corrected chi connectivity index (χ0v) is 7.95. The fourth-order valence-corrected chi connectivity index (χ4v) is 2.08. The van der Waals surface area contributed by atoms with Crippen LogP contribution in [0.5, 0.6) is 0 Å². The molecule has 1 rings (SSSR count). The molecule has 1 aliphatic rings. The number of rotatable bonds is 2. The Morgan fingerprint density at radius 1 is 1.17 bits per heavy atom. The Morgan fingerprint density at radius 2 is 1.67 bits per heavy atom. The van der Waals surface area contributed by atoms with E-state index >= 15 is 0 Å². The zero-order valence-electron chi connectivity index (χ0n) is 7.95. The molecule has 0 heterocycles. The van der Waals surface area contributed by atoms with Crippen LogP contribution in [0.25, 0.3) is 0 Å². The Labute approximate surface area is 73.3 Å². The number of alkyl halides is 2. The second-order valence-corrected chi connectivity index (χ2v) is 4.08. The standard InChI is InChI=1S/C10H18F2/c1-3-8-4-6-9(7-5-8)10(2,11)12/h8-9H,3-7H2,1-2H3. The first kappa shape index (κ1) is 9.94. The maximum Gasteiger partial charge on any atom is 0.248 e. The second-order valence-electron chi connectivity index (χ2n) is 4.08. The smallest absolute Gasteiger partial charge is 0.207 e. The Morgan fingerprint density at radius 3 is 2.00 bits per heavy atom. The van der Waals surface area contributed by atoms with Gasteiger partial charge in [-0.1, -0.05) is 13.3 Å². The first-order valence-electron chi connectivity index (χ1n) is 4.91. The van der Waals surface area contributed by atoms with Crippen LogP contribution in [0.3, 0.4) is 0 Å². The van der Waals surface area contributed by atoms with Crippen molar-refractivity contribution < 1.29 is 8.78 Å². The van der Waals surface area contributed by atoms with Gasteiger partial charge >= 0.3 is 0 Å². The van der Waals surface area contributed by atoms with Crippen LogP contribution in [0, 0.1) is 11.8 Å². The van der Waals surface area contributed by atoms with Gasteiger partial charge in [-0.2, -0.15) is 0 Å². The fraction of sp³-hybridized carbons (Fsp3) is 1.00. The Kier molecular flexibility index (Phi) is 3.08. The maximum atomic E-state index is 12.8. The molecule has 0 aliphatic heterocycles. The van der Waals surface area contributed by atoms with Crippen molar-refractivity contribution in [1.29, 1.82) is 0 Å². The molecule has 0 amide bonds. The van der Waals surface area contributed by atoms with Crippen LogP contribution in [-0.4, -0.2) is 5.92 Å². The molecule has 0 atom stereocenters. The molecule has 12 heavy (non-hydrogen) atoms. The van der Waals surface area contributed by atoms with Crippen LogP contribution < -0.4 is 0 Å². The molecule has 0 saturated heterocycles. The quantitative estimate of drug-likeness (QED) is 0.599. The minimum atomic E-state index is -2.45. The van der Waals surface area contributed by atoms with Gasteiger partial charge in [-0.05, 0) is 38.5 Å². The highest BCUT2D eigenvalue weighted by Gasteiger charge is 2.36. The summed E-state index contributed by atoms with van der Waals surface area (Å²) in [6.07, 6.45) is 4.61. The van der Waals surface area contributed by atoms with E-state index in [0.717, 1.165) is 39.0 Å². The molecule has 1 aliphatic carbocycles. The third-order valence-corrected chi connectivity index (χ3v) is 3.14. The summed E-state index contributed by atoms with van der Waals surface area (Å²) < 4.78 is 25.7. The number of hydrogen-bond acceptors (Lipinski definition) is 0. The topological polar surface area (TPSA) is 0 Å². The van der Waals surface area contributed by atoms with Gasteiger partial charge in [-0.15, -0.1) is 0 Å². The van der Waals surface area contributed by atoms with E-state index in [9.17, 15) is 8.78 Å². The van der Waals surface area contributed by atoms with Gasteiger partial charge in [0.15, 0.2) is 0 Å². The van der Waals surface area contributed by atoms with Gasteiger partial charge in [0, 0.05) is 5.92 Å². The molecule has 0 aromatic heterocycles. The van der Waals surface area contributed by atoms with E-state index in [1.165, 1.54) is 0 Å². The van der Waals surface area contributed by atoms with Crippen molar-refractivity contribution >= 4 is 0 Å². The van der Waals surface area contributed by atoms with Gasteiger partial charge in [0.05, 0.1) is 0 Å². The lowest BCUT2D eigenvalue weighted by Crippen LogP contribution is -2.28. The van der Waals surface area contributed by atoms with E-state index < -0.39 is 5.92 Å². The molecule has 0 radical (unpaired) electrons. The van der Waals surface area contributed by atoms with Gasteiger partial charge in [0.25, 0.3) is 0 Å². The van der Waals surface area contributed by atoms with Crippen LogP contribution >= 0.6 is 0 Å². The molecule has 2 heteroatoms. The highest BCUT2D eigenvalue weighted by Crippen LogP contribution is 2.39. The van der Waals surface area contributed by atoms with E-state index in [1.807, 2.05) is 0 Å². The minimum absolute atomic E-state index is 0.347. The normalized spacial score (nSPS) is 32.0. The van der Waals surface area contributed by atoms with Gasteiger partial charge in [-0.25, -0.2) is 8.78 Å². The van der Waals surface area contributed by atoms with Crippen LogP contribution in [0.4, 0.5) is 8.78 Å². The maximum absolute atomic E-state index is 12.8. The average Bonchev–Trinajstić information content (AvgIpc) is 2.03. The number of hydrogen-bond donors (Lipinski definition) is 0. The highest BCUT2D eigenvalue weighted by molar-refractivity contribution is 4.79.